The van der Waals surface area contributed by atoms with Crippen LogP contribution >= 0.6 is 12.4 Å². The molecule has 1 saturated heterocycles. The lowest BCUT2D eigenvalue weighted by Crippen LogP contribution is -2.45. The zero-order valence-corrected chi connectivity index (χ0v) is 16.0. The summed E-state index contributed by atoms with van der Waals surface area (Å²) in [5.74, 6) is 1.08. The van der Waals surface area contributed by atoms with E-state index in [1.807, 2.05) is 19.1 Å². The summed E-state index contributed by atoms with van der Waals surface area (Å²) in [5.41, 5.74) is 1.43. The Balaban J connectivity index is 0.00000288. The van der Waals surface area contributed by atoms with Crippen LogP contribution in [-0.2, 0) is 10.2 Å². The molecule has 1 aromatic rings. The molecule has 2 N–H and O–H groups in total. The Bertz CT molecular complexity index is 505. The summed E-state index contributed by atoms with van der Waals surface area (Å²) in [7, 11) is 0. The number of rotatable bonds is 5. The van der Waals surface area contributed by atoms with Crippen molar-refractivity contribution in [3.63, 3.8) is 0 Å². The maximum absolute atomic E-state index is 12.2. The van der Waals surface area contributed by atoms with Crippen molar-refractivity contribution in [3.8, 4) is 5.75 Å². The van der Waals surface area contributed by atoms with Crippen LogP contribution in [0.25, 0.3) is 0 Å². The van der Waals surface area contributed by atoms with E-state index in [0.717, 1.165) is 31.7 Å². The first-order valence-electron chi connectivity index (χ1n) is 8.60. The predicted octanol–water partition coefficient (Wildman–Crippen LogP) is 3.29. The minimum atomic E-state index is 0. The average Bonchev–Trinajstić information content (AvgIpc) is 2.53. The summed E-state index contributed by atoms with van der Waals surface area (Å²) < 4.78 is 5.79. The van der Waals surface area contributed by atoms with Crippen molar-refractivity contribution in [3.05, 3.63) is 29.8 Å². The highest BCUT2D eigenvalue weighted by Gasteiger charge is 2.22. The van der Waals surface area contributed by atoms with Gasteiger partial charge in [0.25, 0.3) is 0 Å². The third kappa shape index (κ3) is 6.33. The zero-order valence-electron chi connectivity index (χ0n) is 15.2. The molecule has 2 unspecified atom stereocenters. The van der Waals surface area contributed by atoms with E-state index in [9.17, 15) is 4.79 Å². The molecule has 0 aromatic heterocycles. The van der Waals surface area contributed by atoms with Crippen molar-refractivity contribution in [1.82, 2.24) is 10.6 Å². The van der Waals surface area contributed by atoms with Crippen LogP contribution in [-0.4, -0.2) is 31.6 Å². The third-order valence-corrected chi connectivity index (χ3v) is 4.28. The predicted molar refractivity (Wildman–Crippen MR) is 101 cm³/mol. The second-order valence-corrected chi connectivity index (χ2v) is 7.54. The van der Waals surface area contributed by atoms with Crippen LogP contribution in [0.1, 0.15) is 46.1 Å². The van der Waals surface area contributed by atoms with Crippen LogP contribution in [0, 0.1) is 5.92 Å². The number of hydrogen-bond acceptors (Lipinski definition) is 3. The molecular formula is C19H31ClN2O2. The van der Waals surface area contributed by atoms with E-state index in [2.05, 4.69) is 43.5 Å². The molecule has 0 saturated carbocycles. The van der Waals surface area contributed by atoms with E-state index in [4.69, 9.17) is 4.74 Å². The minimum Gasteiger partial charge on any atom is -0.491 e. The molecule has 1 fully saturated rings. The highest BCUT2D eigenvalue weighted by molar-refractivity contribution is 5.85. The fourth-order valence-electron chi connectivity index (χ4n) is 2.75. The van der Waals surface area contributed by atoms with Crippen LogP contribution in [0.4, 0.5) is 0 Å². The van der Waals surface area contributed by atoms with Crippen molar-refractivity contribution >= 4 is 18.3 Å². The molecule has 0 radical (unpaired) electrons. The maximum Gasteiger partial charge on any atom is 0.224 e. The molecule has 4 nitrogen and oxygen atoms in total. The number of carbonyl (C=O) groups is 1. The number of halogens is 1. The van der Waals surface area contributed by atoms with E-state index in [1.165, 1.54) is 5.56 Å². The fourth-order valence-corrected chi connectivity index (χ4v) is 2.75. The molecule has 2 atom stereocenters. The molecule has 5 heteroatoms. The molecule has 0 spiro atoms. The summed E-state index contributed by atoms with van der Waals surface area (Å²) in [6, 6.07) is 8.21. The van der Waals surface area contributed by atoms with Crippen LogP contribution < -0.4 is 15.4 Å². The monoisotopic (exact) mass is 354 g/mol. The second-order valence-electron chi connectivity index (χ2n) is 7.54. The molecule has 1 aromatic carbocycles. The Kier molecular flexibility index (Phi) is 8.04. The van der Waals surface area contributed by atoms with Crippen molar-refractivity contribution in [1.29, 1.82) is 0 Å². The Labute approximate surface area is 152 Å². The van der Waals surface area contributed by atoms with Gasteiger partial charge in [-0.3, -0.25) is 4.79 Å². The molecule has 0 bridgehead atoms. The van der Waals surface area contributed by atoms with Crippen molar-refractivity contribution in [2.45, 2.75) is 52.0 Å². The standard InChI is InChI=1S/C19H30N2O2.ClH/c1-14(21-18(22)15-6-5-11-20-12-15)13-23-17-9-7-16(8-10-17)19(2,3)4;/h7-10,14-15,20H,5-6,11-13H2,1-4H3,(H,21,22);1H. The average molecular weight is 355 g/mol. The summed E-state index contributed by atoms with van der Waals surface area (Å²) in [4.78, 5) is 12.2. The van der Waals surface area contributed by atoms with Crippen LogP contribution in [0.15, 0.2) is 24.3 Å². The van der Waals surface area contributed by atoms with Gasteiger partial charge < -0.3 is 15.4 Å². The van der Waals surface area contributed by atoms with Gasteiger partial charge in [0.2, 0.25) is 5.91 Å². The molecule has 1 amide bonds. The molecule has 24 heavy (non-hydrogen) atoms. The maximum atomic E-state index is 12.2. The molecule has 0 aliphatic carbocycles. The van der Waals surface area contributed by atoms with E-state index in [1.54, 1.807) is 0 Å². The fraction of sp³-hybridized carbons (Fsp3) is 0.632. The first-order chi connectivity index (χ1) is 10.9. The lowest BCUT2D eigenvalue weighted by Gasteiger charge is -2.24. The van der Waals surface area contributed by atoms with Gasteiger partial charge in [0.15, 0.2) is 0 Å². The lowest BCUT2D eigenvalue weighted by atomic mass is 9.87. The first-order valence-corrected chi connectivity index (χ1v) is 8.60. The Morgan fingerprint density at radius 3 is 2.54 bits per heavy atom. The number of hydrogen-bond donors (Lipinski definition) is 2. The van der Waals surface area contributed by atoms with E-state index in [-0.39, 0.29) is 35.7 Å². The Hall–Kier alpha value is -1.26. The van der Waals surface area contributed by atoms with Gasteiger partial charge in [-0.05, 0) is 49.4 Å². The molecule has 1 heterocycles. The van der Waals surface area contributed by atoms with E-state index >= 15 is 0 Å². The minimum absolute atomic E-state index is 0. The highest BCUT2D eigenvalue weighted by atomic mass is 35.5. The van der Waals surface area contributed by atoms with Crippen molar-refractivity contribution in [2.24, 2.45) is 5.92 Å². The quantitative estimate of drug-likeness (QED) is 0.853. The summed E-state index contributed by atoms with van der Waals surface area (Å²) in [6.07, 6.45) is 2.05. The number of carbonyl (C=O) groups excluding carboxylic acids is 1. The van der Waals surface area contributed by atoms with Crippen LogP contribution in [0.5, 0.6) is 5.75 Å². The summed E-state index contributed by atoms with van der Waals surface area (Å²) in [6.45, 7) is 10.9. The van der Waals surface area contributed by atoms with Gasteiger partial charge in [-0.1, -0.05) is 32.9 Å². The third-order valence-electron chi connectivity index (χ3n) is 4.28. The molecule has 1 aliphatic rings. The SMILES string of the molecule is CC(COc1ccc(C(C)(C)C)cc1)NC(=O)C1CCCNC1.Cl. The molecule has 2 rings (SSSR count). The Morgan fingerprint density at radius 2 is 2.00 bits per heavy atom. The van der Waals surface area contributed by atoms with Crippen molar-refractivity contribution < 1.29 is 9.53 Å². The van der Waals surface area contributed by atoms with Gasteiger partial charge in [0, 0.05) is 6.54 Å². The van der Waals surface area contributed by atoms with E-state index in [0.29, 0.717) is 6.61 Å². The molecule has 136 valence electrons. The second kappa shape index (κ2) is 9.28. The summed E-state index contributed by atoms with van der Waals surface area (Å²) >= 11 is 0. The summed E-state index contributed by atoms with van der Waals surface area (Å²) in [5, 5.41) is 6.32. The first kappa shape index (κ1) is 20.8. The van der Waals surface area contributed by atoms with Gasteiger partial charge in [0.05, 0.1) is 12.0 Å². The number of ether oxygens (including phenoxy) is 1. The normalized spacial score (nSPS) is 19.1. The van der Waals surface area contributed by atoms with Gasteiger partial charge in [0.1, 0.15) is 12.4 Å². The topological polar surface area (TPSA) is 50.4 Å². The van der Waals surface area contributed by atoms with Crippen LogP contribution in [0.3, 0.4) is 0 Å². The highest BCUT2D eigenvalue weighted by Crippen LogP contribution is 2.24. The molecular weight excluding hydrogens is 324 g/mol. The van der Waals surface area contributed by atoms with E-state index < -0.39 is 0 Å². The van der Waals surface area contributed by atoms with Crippen molar-refractivity contribution in [2.75, 3.05) is 19.7 Å². The largest absolute Gasteiger partial charge is 0.491 e. The number of benzene rings is 1. The number of nitrogens with one attached hydrogen (secondary N) is 2. The number of amides is 1. The smallest absolute Gasteiger partial charge is 0.224 e. The van der Waals surface area contributed by atoms with Gasteiger partial charge in [-0.25, -0.2) is 0 Å². The zero-order chi connectivity index (χ0) is 16.9. The van der Waals surface area contributed by atoms with Gasteiger partial charge >= 0.3 is 0 Å². The lowest BCUT2D eigenvalue weighted by molar-refractivity contribution is -0.126. The van der Waals surface area contributed by atoms with Gasteiger partial charge in [-0.2, -0.15) is 0 Å². The number of piperidine rings is 1. The Morgan fingerprint density at radius 1 is 1.33 bits per heavy atom. The molecule has 1 aliphatic heterocycles. The van der Waals surface area contributed by atoms with Gasteiger partial charge in [-0.15, -0.1) is 12.4 Å². The van der Waals surface area contributed by atoms with Crippen LogP contribution in [0.2, 0.25) is 0 Å².